The number of carbonyl (C=O) groups excluding carboxylic acids is 1. The number of benzene rings is 3. The van der Waals surface area contributed by atoms with Gasteiger partial charge in [-0.25, -0.2) is 36.9 Å². The molecule has 1 fully saturated rings. The summed E-state index contributed by atoms with van der Waals surface area (Å²) in [4.78, 5) is 28.1. The first-order chi connectivity index (χ1) is 25.1. The van der Waals surface area contributed by atoms with Gasteiger partial charge in [-0.2, -0.15) is 0 Å². The number of halogens is 2. The quantitative estimate of drug-likeness (QED) is 0.156. The zero-order valence-electron chi connectivity index (χ0n) is 30.2. The molecule has 1 aliphatic heterocycles. The smallest absolute Gasteiger partial charge is 0.410 e. The Labute approximate surface area is 312 Å². The van der Waals surface area contributed by atoms with E-state index in [0.717, 1.165) is 23.4 Å². The first kappa shape index (κ1) is 37.5. The van der Waals surface area contributed by atoms with E-state index in [0.29, 0.717) is 47.0 Å². The van der Waals surface area contributed by atoms with E-state index in [-0.39, 0.29) is 45.5 Å². The molecule has 3 heterocycles. The number of piperidine rings is 1. The summed E-state index contributed by atoms with van der Waals surface area (Å²) in [5.74, 6) is 0.204. The minimum absolute atomic E-state index is 0.0444. The predicted molar refractivity (Wildman–Crippen MR) is 203 cm³/mol. The number of fused-ring (bicyclic) bond motifs is 1. The number of nitrogens with one attached hydrogen (secondary N) is 1. The van der Waals surface area contributed by atoms with Crippen LogP contribution in [0.2, 0.25) is 5.02 Å². The SMILES string of the molecule is COc1c(Cl)cccc1N(c1c(F)ccc2c(Oc3ncccc3-c3ccnc(NC4CCCN(C(=O)OC(C)(C)C)C4)n3)c(C)ccc12)S(C)(=O)=O. The van der Waals surface area contributed by atoms with Crippen molar-refractivity contribution in [2.75, 3.05) is 36.1 Å². The van der Waals surface area contributed by atoms with Gasteiger partial charge in [-0.15, -0.1) is 0 Å². The van der Waals surface area contributed by atoms with Crippen molar-refractivity contribution in [2.45, 2.75) is 52.2 Å². The molecular weight excluding hydrogens is 723 g/mol. The fourth-order valence-electron chi connectivity index (χ4n) is 6.22. The van der Waals surface area contributed by atoms with E-state index >= 15 is 4.39 Å². The lowest BCUT2D eigenvalue weighted by molar-refractivity contribution is 0.0206. The first-order valence-corrected chi connectivity index (χ1v) is 19.1. The molecule has 0 spiro atoms. The average molecular weight is 763 g/mol. The van der Waals surface area contributed by atoms with E-state index in [9.17, 15) is 13.2 Å². The van der Waals surface area contributed by atoms with Crippen LogP contribution in [0.15, 0.2) is 73.1 Å². The van der Waals surface area contributed by atoms with Crippen LogP contribution >= 0.6 is 11.6 Å². The number of ether oxygens (including phenoxy) is 3. The Kier molecular flexibility index (Phi) is 10.6. The van der Waals surface area contributed by atoms with Gasteiger partial charge in [0.15, 0.2) is 5.75 Å². The van der Waals surface area contributed by atoms with Crippen LogP contribution in [0, 0.1) is 12.7 Å². The number of hydrogen-bond acceptors (Lipinski definition) is 10. The molecule has 53 heavy (non-hydrogen) atoms. The summed E-state index contributed by atoms with van der Waals surface area (Å²) in [5, 5.41) is 4.22. The minimum Gasteiger partial charge on any atom is -0.493 e. The second-order valence-electron chi connectivity index (χ2n) is 13.7. The number of nitrogens with zero attached hydrogens (tertiary/aromatic N) is 5. The average Bonchev–Trinajstić information content (AvgIpc) is 3.10. The fourth-order valence-corrected chi connectivity index (χ4v) is 7.49. The third-order valence-corrected chi connectivity index (χ3v) is 9.82. The van der Waals surface area contributed by atoms with Crippen molar-refractivity contribution in [3.8, 4) is 28.6 Å². The summed E-state index contributed by atoms with van der Waals surface area (Å²) in [5.41, 5.74) is 0.987. The Morgan fingerprint density at radius 1 is 1.02 bits per heavy atom. The second kappa shape index (κ2) is 15.0. The molecule has 0 bridgehead atoms. The van der Waals surface area contributed by atoms with Gasteiger partial charge in [-0.05, 0) is 88.6 Å². The van der Waals surface area contributed by atoms with Crippen LogP contribution in [0.5, 0.6) is 17.4 Å². The lowest BCUT2D eigenvalue weighted by Crippen LogP contribution is -2.47. The van der Waals surface area contributed by atoms with Crippen molar-refractivity contribution in [1.29, 1.82) is 0 Å². The number of amides is 1. The maximum atomic E-state index is 15.9. The molecule has 15 heteroatoms. The van der Waals surface area contributed by atoms with Gasteiger partial charge < -0.3 is 24.4 Å². The highest BCUT2D eigenvalue weighted by Crippen LogP contribution is 2.46. The fraction of sp³-hybridized carbons (Fsp3) is 0.316. The van der Waals surface area contributed by atoms with Gasteiger partial charge >= 0.3 is 6.09 Å². The van der Waals surface area contributed by atoms with Crippen LogP contribution in [0.25, 0.3) is 22.0 Å². The molecule has 1 unspecified atom stereocenters. The van der Waals surface area contributed by atoms with E-state index < -0.39 is 21.4 Å². The molecule has 12 nitrogen and oxygen atoms in total. The Morgan fingerprint density at radius 3 is 2.53 bits per heavy atom. The van der Waals surface area contributed by atoms with Gasteiger partial charge in [0, 0.05) is 42.3 Å². The van der Waals surface area contributed by atoms with E-state index in [1.54, 1.807) is 53.7 Å². The van der Waals surface area contributed by atoms with E-state index in [4.69, 9.17) is 30.8 Å². The molecule has 0 radical (unpaired) electrons. The maximum absolute atomic E-state index is 15.9. The highest BCUT2D eigenvalue weighted by Gasteiger charge is 2.31. The second-order valence-corrected chi connectivity index (χ2v) is 15.9. The highest BCUT2D eigenvalue weighted by molar-refractivity contribution is 7.92. The zero-order chi connectivity index (χ0) is 38.1. The standard InChI is InChI=1S/C38H40ClFN6O6S/c1-23-14-15-25-26(16-17-29(40)32(25)46(53(6,48)49)31-13-7-12-28(39)34(31)50-5)33(23)51-35-27(11-8-19-41-35)30-18-20-42-36(44-30)43-24-10-9-21-45(22-24)37(47)52-38(2,3)4/h7-8,11-20,24H,9-10,21-22H2,1-6H3,(H,42,43,44). The van der Waals surface area contributed by atoms with Crippen LogP contribution in [0.4, 0.5) is 26.5 Å². The third-order valence-electron chi connectivity index (χ3n) is 8.48. The zero-order valence-corrected chi connectivity index (χ0v) is 31.8. The number of hydrogen-bond donors (Lipinski definition) is 1. The normalized spacial score (nSPS) is 14.9. The number of rotatable bonds is 9. The van der Waals surface area contributed by atoms with E-state index in [2.05, 4.69) is 15.3 Å². The summed E-state index contributed by atoms with van der Waals surface area (Å²) in [6, 6.07) is 15.9. The van der Waals surface area contributed by atoms with Gasteiger partial charge in [0.1, 0.15) is 28.5 Å². The van der Waals surface area contributed by atoms with Crippen molar-refractivity contribution >= 4 is 55.8 Å². The summed E-state index contributed by atoms with van der Waals surface area (Å²) in [6.07, 6.45) is 5.43. The van der Waals surface area contributed by atoms with Crippen molar-refractivity contribution in [3.63, 3.8) is 0 Å². The maximum Gasteiger partial charge on any atom is 0.410 e. The number of para-hydroxylation sites is 1. The van der Waals surface area contributed by atoms with Gasteiger partial charge in [-0.3, -0.25) is 0 Å². The van der Waals surface area contributed by atoms with Gasteiger partial charge in [0.25, 0.3) is 0 Å². The molecule has 1 N–H and O–H groups in total. The Bertz CT molecular complexity index is 2290. The van der Waals surface area contributed by atoms with Crippen LogP contribution in [0.3, 0.4) is 0 Å². The van der Waals surface area contributed by atoms with Gasteiger partial charge in [-0.1, -0.05) is 29.8 Å². The number of aryl methyl sites for hydroxylation is 1. The molecule has 6 rings (SSSR count). The summed E-state index contributed by atoms with van der Waals surface area (Å²) < 4.78 is 61.1. The molecule has 0 aliphatic carbocycles. The molecule has 0 saturated carbocycles. The monoisotopic (exact) mass is 762 g/mol. The van der Waals surface area contributed by atoms with Crippen molar-refractivity contribution in [2.24, 2.45) is 0 Å². The van der Waals surface area contributed by atoms with Gasteiger partial charge in [0.2, 0.25) is 21.9 Å². The Morgan fingerprint density at radius 2 is 1.79 bits per heavy atom. The van der Waals surface area contributed by atoms with Crippen molar-refractivity contribution in [3.05, 3.63) is 89.5 Å². The Hall–Kier alpha value is -5.21. The lowest BCUT2D eigenvalue weighted by Gasteiger charge is -2.34. The first-order valence-electron chi connectivity index (χ1n) is 16.9. The number of carbonyl (C=O) groups is 1. The number of anilines is 3. The highest BCUT2D eigenvalue weighted by atomic mass is 35.5. The van der Waals surface area contributed by atoms with Crippen molar-refractivity contribution in [1.82, 2.24) is 19.9 Å². The topological polar surface area (TPSA) is 136 Å². The van der Waals surface area contributed by atoms with Crippen LogP contribution in [-0.4, -0.2) is 72.5 Å². The number of sulfonamides is 1. The molecule has 1 saturated heterocycles. The molecule has 1 atom stereocenters. The van der Waals surface area contributed by atoms with E-state index in [1.807, 2.05) is 33.8 Å². The number of likely N-dealkylation sites (tertiary alicyclic amines) is 1. The molecule has 2 aromatic heterocycles. The molecule has 5 aromatic rings. The minimum atomic E-state index is -4.13. The number of pyridine rings is 1. The summed E-state index contributed by atoms with van der Waals surface area (Å²) in [6.45, 7) is 8.39. The Balaban J connectivity index is 1.35. The molecule has 1 amide bonds. The number of methoxy groups -OCH3 is 1. The van der Waals surface area contributed by atoms with Gasteiger partial charge in [0.05, 0.1) is 29.6 Å². The van der Waals surface area contributed by atoms with Crippen LogP contribution in [0.1, 0.15) is 39.2 Å². The van der Waals surface area contributed by atoms with E-state index in [1.165, 1.54) is 25.3 Å². The van der Waals surface area contributed by atoms with Crippen LogP contribution < -0.4 is 19.1 Å². The third kappa shape index (κ3) is 8.23. The molecular formula is C38H40ClFN6O6S. The number of aromatic nitrogens is 3. The van der Waals surface area contributed by atoms with Crippen molar-refractivity contribution < 1.29 is 31.8 Å². The molecule has 1 aliphatic rings. The predicted octanol–water partition coefficient (Wildman–Crippen LogP) is 8.50. The summed E-state index contributed by atoms with van der Waals surface area (Å²) >= 11 is 6.37. The summed E-state index contributed by atoms with van der Waals surface area (Å²) in [7, 11) is -2.77. The molecule has 3 aromatic carbocycles. The molecule has 278 valence electrons. The van der Waals surface area contributed by atoms with Crippen LogP contribution in [-0.2, 0) is 14.8 Å². The lowest BCUT2D eigenvalue weighted by atomic mass is 10.0. The largest absolute Gasteiger partial charge is 0.493 e.